The van der Waals surface area contributed by atoms with Crippen LogP contribution in [-0.2, 0) is 10.0 Å². The van der Waals surface area contributed by atoms with E-state index in [9.17, 15) is 8.42 Å². The third kappa shape index (κ3) is 5.36. The number of rotatable bonds is 7. The summed E-state index contributed by atoms with van der Waals surface area (Å²) in [7, 11) is -3.58. The lowest BCUT2D eigenvalue weighted by atomic mass is 10.2. The molecule has 84 valence electrons. The van der Waals surface area contributed by atoms with Crippen molar-refractivity contribution in [3.63, 3.8) is 0 Å². The van der Waals surface area contributed by atoms with E-state index >= 15 is 0 Å². The van der Waals surface area contributed by atoms with Crippen LogP contribution in [0.5, 0.6) is 0 Å². The lowest BCUT2D eigenvalue weighted by Crippen LogP contribution is -2.34. The van der Waals surface area contributed by atoms with Crippen LogP contribution in [0.4, 0.5) is 0 Å². The van der Waals surface area contributed by atoms with Gasteiger partial charge in [0, 0.05) is 13.0 Å². The Labute approximate surface area is 90.8 Å². The number of hydrogen-bond acceptors (Lipinski definition) is 4. The smallest absolute Gasteiger partial charge is 0.213 e. The molecule has 0 aromatic heterocycles. The van der Waals surface area contributed by atoms with Gasteiger partial charge in [-0.2, -0.15) is 10.5 Å². The molecule has 0 radical (unpaired) electrons. The molecule has 0 aromatic carbocycles. The Bertz CT molecular complexity index is 351. The minimum atomic E-state index is -3.58. The molecule has 0 bridgehead atoms. The van der Waals surface area contributed by atoms with Crippen molar-refractivity contribution in [2.24, 2.45) is 0 Å². The van der Waals surface area contributed by atoms with Crippen molar-refractivity contribution in [1.29, 1.82) is 10.5 Å². The molecule has 0 amide bonds. The summed E-state index contributed by atoms with van der Waals surface area (Å²) in [5, 5.41) is 16.0. The number of unbranched alkanes of at least 4 members (excludes halogenated alkanes) is 1. The lowest BCUT2D eigenvalue weighted by Gasteiger charge is -2.10. The van der Waals surface area contributed by atoms with E-state index in [0.29, 0.717) is 12.8 Å². The van der Waals surface area contributed by atoms with Crippen molar-refractivity contribution >= 4 is 10.0 Å². The highest BCUT2D eigenvalue weighted by molar-refractivity contribution is 7.90. The monoisotopic (exact) mass is 229 g/mol. The molecule has 15 heavy (non-hydrogen) atoms. The predicted molar refractivity (Wildman–Crippen MR) is 56.1 cm³/mol. The van der Waals surface area contributed by atoms with Gasteiger partial charge in [0.15, 0.2) is 5.25 Å². The van der Waals surface area contributed by atoms with Gasteiger partial charge in [-0.15, -0.1) is 0 Å². The van der Waals surface area contributed by atoms with Crippen LogP contribution >= 0.6 is 0 Å². The Morgan fingerprint density at radius 3 is 2.53 bits per heavy atom. The van der Waals surface area contributed by atoms with Gasteiger partial charge in [0.05, 0.1) is 12.1 Å². The fraction of sp³-hybridized carbons (Fsp3) is 0.778. The van der Waals surface area contributed by atoms with E-state index in [1.54, 1.807) is 6.07 Å². The van der Waals surface area contributed by atoms with E-state index in [4.69, 9.17) is 10.5 Å². The zero-order chi connectivity index (χ0) is 11.7. The summed E-state index contributed by atoms with van der Waals surface area (Å²) in [5.41, 5.74) is 0. The van der Waals surface area contributed by atoms with Gasteiger partial charge in [0.1, 0.15) is 0 Å². The topological polar surface area (TPSA) is 93.8 Å². The van der Waals surface area contributed by atoms with Crippen molar-refractivity contribution in [2.45, 2.75) is 37.9 Å². The fourth-order valence-corrected chi connectivity index (χ4v) is 2.23. The number of nitrogens with zero attached hydrogens (tertiary/aromatic N) is 2. The van der Waals surface area contributed by atoms with E-state index in [0.717, 1.165) is 6.42 Å². The Kier molecular flexibility index (Phi) is 6.68. The molecule has 1 N–H and O–H groups in total. The van der Waals surface area contributed by atoms with Gasteiger partial charge in [-0.3, -0.25) is 0 Å². The van der Waals surface area contributed by atoms with Crippen LogP contribution in [0, 0.1) is 22.7 Å². The normalized spacial score (nSPS) is 12.7. The van der Waals surface area contributed by atoms with E-state index < -0.39 is 15.3 Å². The Morgan fingerprint density at radius 1 is 1.40 bits per heavy atom. The Hall–Kier alpha value is -1.11. The third-order valence-corrected chi connectivity index (χ3v) is 3.58. The lowest BCUT2D eigenvalue weighted by molar-refractivity contribution is 0.567. The summed E-state index contributed by atoms with van der Waals surface area (Å²) < 4.78 is 25.2. The first-order valence-corrected chi connectivity index (χ1v) is 6.38. The van der Waals surface area contributed by atoms with E-state index in [2.05, 4.69) is 4.72 Å². The summed E-state index contributed by atoms with van der Waals surface area (Å²) in [5.74, 6) is 0. The minimum Gasteiger partial charge on any atom is -0.213 e. The van der Waals surface area contributed by atoms with Crippen molar-refractivity contribution < 1.29 is 8.42 Å². The average Bonchev–Trinajstić information content (AvgIpc) is 2.19. The largest absolute Gasteiger partial charge is 0.228 e. The van der Waals surface area contributed by atoms with Crippen LogP contribution in [0.25, 0.3) is 0 Å². The summed E-state index contributed by atoms with van der Waals surface area (Å²) in [4.78, 5) is 0. The molecule has 0 spiro atoms. The highest BCUT2D eigenvalue weighted by Crippen LogP contribution is 2.08. The molecular weight excluding hydrogens is 214 g/mol. The number of nitriles is 2. The van der Waals surface area contributed by atoms with Crippen molar-refractivity contribution in [3.8, 4) is 12.1 Å². The second-order valence-corrected chi connectivity index (χ2v) is 5.06. The van der Waals surface area contributed by atoms with Gasteiger partial charge in [-0.05, 0) is 6.42 Å². The maximum Gasteiger partial charge on any atom is 0.228 e. The number of sulfonamides is 1. The molecular formula is C9H15N3O2S. The number of nitrogens with one attached hydrogen (secondary N) is 1. The van der Waals surface area contributed by atoms with Gasteiger partial charge in [0.2, 0.25) is 10.0 Å². The summed E-state index contributed by atoms with van der Waals surface area (Å²) in [6, 6.07) is 3.60. The Morgan fingerprint density at radius 2 is 2.07 bits per heavy atom. The molecule has 0 saturated carbocycles. The van der Waals surface area contributed by atoms with Gasteiger partial charge in [0.25, 0.3) is 0 Å². The van der Waals surface area contributed by atoms with Crippen LogP contribution in [0.2, 0.25) is 0 Å². The maximum atomic E-state index is 11.5. The molecule has 0 fully saturated rings. The Balaban J connectivity index is 4.29. The first kappa shape index (κ1) is 13.9. The maximum absolute atomic E-state index is 11.5. The van der Waals surface area contributed by atoms with Crippen LogP contribution in [-0.4, -0.2) is 20.2 Å². The van der Waals surface area contributed by atoms with Crippen molar-refractivity contribution in [2.75, 3.05) is 6.54 Å². The van der Waals surface area contributed by atoms with Gasteiger partial charge in [-0.1, -0.05) is 19.8 Å². The first-order chi connectivity index (χ1) is 7.08. The van der Waals surface area contributed by atoms with Crippen LogP contribution in [0.3, 0.4) is 0 Å². The minimum absolute atomic E-state index is 0.0726. The molecule has 0 aliphatic rings. The van der Waals surface area contributed by atoms with Gasteiger partial charge >= 0.3 is 0 Å². The number of hydrogen-bond donors (Lipinski definition) is 1. The van der Waals surface area contributed by atoms with Crippen LogP contribution in [0.15, 0.2) is 0 Å². The molecule has 0 heterocycles. The quantitative estimate of drug-likeness (QED) is 0.656. The molecule has 0 saturated heterocycles. The highest BCUT2D eigenvalue weighted by Gasteiger charge is 2.23. The van der Waals surface area contributed by atoms with Crippen molar-refractivity contribution in [1.82, 2.24) is 4.72 Å². The molecule has 6 heteroatoms. The average molecular weight is 229 g/mol. The fourth-order valence-electron chi connectivity index (χ4n) is 1.03. The zero-order valence-electron chi connectivity index (χ0n) is 8.73. The standard InChI is InChI=1S/C9H15N3O2S/c1-2-3-5-9(8-11)15(13,14)12-7-4-6-10/h9,12H,2-5,7H2,1H3. The SMILES string of the molecule is CCCCC(C#N)S(=O)(=O)NCCC#N. The van der Waals surface area contributed by atoms with E-state index in [1.807, 2.05) is 13.0 Å². The summed E-state index contributed by atoms with van der Waals surface area (Å²) in [6.07, 6.45) is 2.02. The second kappa shape index (κ2) is 7.22. The molecule has 1 unspecified atom stereocenters. The molecule has 0 aromatic rings. The molecule has 0 rings (SSSR count). The van der Waals surface area contributed by atoms with Gasteiger partial charge in [-0.25, -0.2) is 13.1 Å². The third-order valence-electron chi connectivity index (χ3n) is 1.88. The zero-order valence-corrected chi connectivity index (χ0v) is 9.55. The highest BCUT2D eigenvalue weighted by atomic mass is 32.2. The predicted octanol–water partition coefficient (Wildman–Crippen LogP) is 0.902. The van der Waals surface area contributed by atoms with Crippen LogP contribution in [0.1, 0.15) is 32.6 Å². The molecule has 5 nitrogen and oxygen atoms in total. The first-order valence-electron chi connectivity index (χ1n) is 4.83. The van der Waals surface area contributed by atoms with Crippen molar-refractivity contribution in [3.05, 3.63) is 0 Å². The summed E-state index contributed by atoms with van der Waals surface area (Å²) in [6.45, 7) is 2.01. The van der Waals surface area contributed by atoms with Gasteiger partial charge < -0.3 is 0 Å². The molecule has 0 aliphatic heterocycles. The van der Waals surface area contributed by atoms with E-state index in [1.165, 1.54) is 0 Å². The summed E-state index contributed by atoms with van der Waals surface area (Å²) >= 11 is 0. The molecule has 0 aliphatic carbocycles. The van der Waals surface area contributed by atoms with Crippen LogP contribution < -0.4 is 4.72 Å². The van der Waals surface area contributed by atoms with E-state index in [-0.39, 0.29) is 13.0 Å². The molecule has 1 atom stereocenters. The second-order valence-electron chi connectivity index (χ2n) is 3.11.